The lowest BCUT2D eigenvalue weighted by Crippen LogP contribution is -1.96. The average Bonchev–Trinajstić information content (AvgIpc) is 2.44. The van der Waals surface area contributed by atoms with Crippen LogP contribution >= 0.6 is 11.6 Å². The van der Waals surface area contributed by atoms with Gasteiger partial charge in [-0.05, 0) is 36.4 Å². The first kappa shape index (κ1) is 11.8. The molecule has 3 nitrogen and oxygen atoms in total. The Morgan fingerprint density at radius 3 is 2.84 bits per heavy atom. The molecule has 3 N–H and O–H groups in total. The fourth-order valence-corrected chi connectivity index (χ4v) is 2.13. The molecule has 0 amide bonds. The highest BCUT2D eigenvalue weighted by Gasteiger charge is 2.03. The molecule has 0 saturated carbocycles. The quantitative estimate of drug-likeness (QED) is 0.685. The van der Waals surface area contributed by atoms with Crippen molar-refractivity contribution in [2.45, 2.75) is 0 Å². The number of fused-ring (bicyclic) bond motifs is 1. The second-order valence-corrected chi connectivity index (χ2v) is 4.64. The van der Waals surface area contributed by atoms with Crippen molar-refractivity contribution in [1.29, 1.82) is 0 Å². The zero-order chi connectivity index (χ0) is 13.2. The van der Waals surface area contributed by atoms with Crippen LogP contribution in [0.1, 0.15) is 0 Å². The highest BCUT2D eigenvalue weighted by molar-refractivity contribution is 6.33. The van der Waals surface area contributed by atoms with Gasteiger partial charge in [0.05, 0.1) is 21.9 Å². The van der Waals surface area contributed by atoms with Crippen molar-refractivity contribution in [2.75, 3.05) is 11.1 Å². The van der Waals surface area contributed by atoms with Gasteiger partial charge in [-0.3, -0.25) is 4.98 Å². The number of para-hydroxylation sites is 1. The molecule has 3 aromatic rings. The summed E-state index contributed by atoms with van der Waals surface area (Å²) in [6, 6.07) is 15.4. The summed E-state index contributed by atoms with van der Waals surface area (Å²) < 4.78 is 0. The van der Waals surface area contributed by atoms with E-state index in [0.717, 1.165) is 22.3 Å². The van der Waals surface area contributed by atoms with Crippen LogP contribution in [0.2, 0.25) is 5.02 Å². The molecule has 0 aliphatic carbocycles. The van der Waals surface area contributed by atoms with Crippen LogP contribution in [0.5, 0.6) is 0 Å². The van der Waals surface area contributed by atoms with E-state index in [4.69, 9.17) is 17.3 Å². The van der Waals surface area contributed by atoms with Crippen molar-refractivity contribution in [3.05, 3.63) is 59.8 Å². The molecule has 4 heteroatoms. The number of hydrogen-bond acceptors (Lipinski definition) is 3. The predicted molar refractivity (Wildman–Crippen MR) is 80.9 cm³/mol. The Morgan fingerprint density at radius 2 is 1.95 bits per heavy atom. The summed E-state index contributed by atoms with van der Waals surface area (Å²) in [6.07, 6.45) is 1.78. The Labute approximate surface area is 116 Å². The maximum Gasteiger partial charge on any atom is 0.0742 e. The smallest absolute Gasteiger partial charge is 0.0742 e. The third-order valence-corrected chi connectivity index (χ3v) is 3.26. The number of pyridine rings is 1. The van der Waals surface area contributed by atoms with Crippen molar-refractivity contribution in [1.82, 2.24) is 4.98 Å². The summed E-state index contributed by atoms with van der Waals surface area (Å²) in [5, 5.41) is 4.89. The van der Waals surface area contributed by atoms with Gasteiger partial charge < -0.3 is 11.1 Å². The van der Waals surface area contributed by atoms with Gasteiger partial charge in [-0.25, -0.2) is 0 Å². The topological polar surface area (TPSA) is 50.9 Å². The molecule has 19 heavy (non-hydrogen) atoms. The van der Waals surface area contributed by atoms with Gasteiger partial charge in [-0.2, -0.15) is 0 Å². The van der Waals surface area contributed by atoms with Gasteiger partial charge in [0.15, 0.2) is 0 Å². The number of nitrogens with one attached hydrogen (secondary N) is 1. The molecule has 94 valence electrons. The second kappa shape index (κ2) is 4.78. The maximum absolute atomic E-state index is 6.00. The average molecular weight is 270 g/mol. The number of nitrogen functional groups attached to an aromatic ring is 1. The fourth-order valence-electron chi connectivity index (χ4n) is 1.95. The molecule has 0 spiro atoms. The van der Waals surface area contributed by atoms with Gasteiger partial charge in [-0.1, -0.05) is 23.7 Å². The van der Waals surface area contributed by atoms with Gasteiger partial charge in [0.1, 0.15) is 0 Å². The summed E-state index contributed by atoms with van der Waals surface area (Å²) in [5.74, 6) is 0. The van der Waals surface area contributed by atoms with Crippen LogP contribution in [0.4, 0.5) is 17.1 Å². The lowest BCUT2D eigenvalue weighted by molar-refractivity contribution is 1.41. The minimum Gasteiger partial charge on any atom is -0.396 e. The first-order valence-corrected chi connectivity index (χ1v) is 6.27. The van der Waals surface area contributed by atoms with Crippen molar-refractivity contribution < 1.29 is 0 Å². The van der Waals surface area contributed by atoms with Gasteiger partial charge in [0.2, 0.25) is 0 Å². The predicted octanol–water partition coefficient (Wildman–Crippen LogP) is 4.21. The van der Waals surface area contributed by atoms with Crippen LogP contribution in [-0.2, 0) is 0 Å². The van der Waals surface area contributed by atoms with Gasteiger partial charge in [0.25, 0.3) is 0 Å². The summed E-state index contributed by atoms with van der Waals surface area (Å²) >= 11 is 6.00. The summed E-state index contributed by atoms with van der Waals surface area (Å²) in [7, 11) is 0. The van der Waals surface area contributed by atoms with E-state index >= 15 is 0 Å². The second-order valence-electron chi connectivity index (χ2n) is 4.24. The molecule has 0 saturated heterocycles. The number of rotatable bonds is 2. The van der Waals surface area contributed by atoms with Crippen molar-refractivity contribution >= 4 is 39.6 Å². The molecule has 0 bridgehead atoms. The van der Waals surface area contributed by atoms with Crippen LogP contribution in [0.3, 0.4) is 0 Å². The SMILES string of the molecule is Nc1c(Cl)cccc1Nc1ccc2ncccc2c1. The first-order valence-electron chi connectivity index (χ1n) is 5.90. The van der Waals surface area contributed by atoms with E-state index in [1.54, 1.807) is 12.3 Å². The Kier molecular flexibility index (Phi) is 2.97. The third kappa shape index (κ3) is 2.33. The fraction of sp³-hybridized carbons (Fsp3) is 0. The largest absolute Gasteiger partial charge is 0.396 e. The van der Waals surface area contributed by atoms with Crippen LogP contribution in [0.15, 0.2) is 54.7 Å². The van der Waals surface area contributed by atoms with Crippen molar-refractivity contribution in [3.63, 3.8) is 0 Å². The molecule has 3 rings (SSSR count). The maximum atomic E-state index is 6.00. The number of aromatic nitrogens is 1. The van der Waals surface area contributed by atoms with Crippen LogP contribution in [0.25, 0.3) is 10.9 Å². The van der Waals surface area contributed by atoms with E-state index < -0.39 is 0 Å². The number of nitrogens with zero attached hydrogens (tertiary/aromatic N) is 1. The molecule has 0 fully saturated rings. The van der Waals surface area contributed by atoms with E-state index in [1.807, 2.05) is 42.5 Å². The zero-order valence-corrected chi connectivity index (χ0v) is 10.9. The van der Waals surface area contributed by atoms with Crippen molar-refractivity contribution in [3.8, 4) is 0 Å². The molecule has 0 aliphatic heterocycles. The monoisotopic (exact) mass is 269 g/mol. The lowest BCUT2D eigenvalue weighted by atomic mass is 10.2. The Bertz CT molecular complexity index is 740. The van der Waals surface area contributed by atoms with E-state index in [0.29, 0.717) is 10.7 Å². The Balaban J connectivity index is 1.99. The number of hydrogen-bond donors (Lipinski definition) is 2. The minimum absolute atomic E-state index is 0.549. The molecule has 1 aromatic heterocycles. The number of benzene rings is 2. The van der Waals surface area contributed by atoms with Crippen LogP contribution in [-0.4, -0.2) is 4.98 Å². The highest BCUT2D eigenvalue weighted by atomic mass is 35.5. The van der Waals surface area contributed by atoms with E-state index in [1.165, 1.54) is 0 Å². The zero-order valence-electron chi connectivity index (χ0n) is 10.1. The Hall–Kier alpha value is -2.26. The Morgan fingerprint density at radius 1 is 1.05 bits per heavy atom. The highest BCUT2D eigenvalue weighted by Crippen LogP contribution is 2.30. The lowest BCUT2D eigenvalue weighted by Gasteiger charge is -2.10. The molecule has 0 unspecified atom stereocenters. The van der Waals surface area contributed by atoms with E-state index in [-0.39, 0.29) is 0 Å². The van der Waals surface area contributed by atoms with Gasteiger partial charge in [0, 0.05) is 17.3 Å². The standard InChI is InChI=1S/C15H12ClN3/c16-12-4-1-5-14(15(12)17)19-11-6-7-13-10(9-11)3-2-8-18-13/h1-9,19H,17H2. The molecule has 0 atom stereocenters. The molecule has 0 radical (unpaired) electrons. The molecule has 0 aliphatic rings. The number of anilines is 3. The van der Waals surface area contributed by atoms with Gasteiger partial charge >= 0.3 is 0 Å². The van der Waals surface area contributed by atoms with Crippen molar-refractivity contribution in [2.24, 2.45) is 0 Å². The third-order valence-electron chi connectivity index (χ3n) is 2.93. The summed E-state index contributed by atoms with van der Waals surface area (Å²) in [5.41, 5.74) is 9.21. The molecule has 1 heterocycles. The number of halogens is 1. The molecular weight excluding hydrogens is 258 g/mol. The first-order chi connectivity index (χ1) is 9.24. The van der Waals surface area contributed by atoms with E-state index in [2.05, 4.69) is 10.3 Å². The summed E-state index contributed by atoms with van der Waals surface area (Å²) in [6.45, 7) is 0. The van der Waals surface area contributed by atoms with Crippen LogP contribution in [0, 0.1) is 0 Å². The van der Waals surface area contributed by atoms with E-state index in [9.17, 15) is 0 Å². The normalized spacial score (nSPS) is 10.6. The van der Waals surface area contributed by atoms with Crippen LogP contribution < -0.4 is 11.1 Å². The summed E-state index contributed by atoms with van der Waals surface area (Å²) in [4.78, 5) is 4.29. The number of nitrogens with two attached hydrogens (primary N) is 1. The minimum atomic E-state index is 0.549. The molecule has 2 aromatic carbocycles. The molecular formula is C15H12ClN3. The van der Waals surface area contributed by atoms with Gasteiger partial charge in [-0.15, -0.1) is 0 Å².